The first-order chi connectivity index (χ1) is 6.74. The molecule has 0 spiro atoms. The number of benzene rings is 1. The van der Waals surface area contributed by atoms with Crippen molar-refractivity contribution in [2.45, 2.75) is 6.42 Å². The molecule has 0 aliphatic heterocycles. The fourth-order valence-corrected chi connectivity index (χ4v) is 1.68. The lowest BCUT2D eigenvalue weighted by Crippen LogP contribution is -2.01. The molecule has 4 nitrogen and oxygen atoms in total. The maximum atomic E-state index is 10.8. The van der Waals surface area contributed by atoms with Gasteiger partial charge in [0.15, 0.2) is 0 Å². The van der Waals surface area contributed by atoms with E-state index in [2.05, 4.69) is 31.1 Å². The minimum atomic E-state index is -0.269. The van der Waals surface area contributed by atoms with Crippen LogP contribution in [0.2, 0.25) is 0 Å². The molecule has 0 amide bonds. The van der Waals surface area contributed by atoms with Gasteiger partial charge in [0, 0.05) is 10.9 Å². The van der Waals surface area contributed by atoms with Gasteiger partial charge in [0.2, 0.25) is 0 Å². The number of H-pyrrole nitrogens is 2. The zero-order valence-corrected chi connectivity index (χ0v) is 8.84. The molecule has 0 aliphatic rings. The van der Waals surface area contributed by atoms with E-state index in [4.69, 9.17) is 0 Å². The summed E-state index contributed by atoms with van der Waals surface area (Å²) in [6.07, 6.45) is 0.623. The van der Waals surface area contributed by atoms with Crippen LogP contribution in [-0.4, -0.2) is 15.2 Å². The highest BCUT2D eigenvalue weighted by Gasteiger charge is 2.00. The van der Waals surface area contributed by atoms with Crippen LogP contribution in [0.1, 0.15) is 11.4 Å². The number of hydrogen-bond donors (Lipinski definition) is 2. The van der Waals surface area contributed by atoms with Crippen LogP contribution < -0.4 is 5.69 Å². The molecule has 0 saturated heterocycles. The molecule has 5 heteroatoms. The molecule has 0 atom stereocenters. The Kier molecular flexibility index (Phi) is 2.49. The summed E-state index contributed by atoms with van der Waals surface area (Å²) in [5, 5.41) is 6.16. The van der Waals surface area contributed by atoms with Gasteiger partial charge in [-0.1, -0.05) is 28.1 Å². The third-order valence-electron chi connectivity index (χ3n) is 1.81. The fraction of sp³-hybridized carbons (Fsp3) is 0.111. The summed E-state index contributed by atoms with van der Waals surface area (Å²) in [5.74, 6) is 0.646. The monoisotopic (exact) mass is 253 g/mol. The van der Waals surface area contributed by atoms with Gasteiger partial charge in [-0.3, -0.25) is 4.98 Å². The molecule has 0 unspecified atom stereocenters. The van der Waals surface area contributed by atoms with E-state index >= 15 is 0 Å². The second kappa shape index (κ2) is 3.79. The summed E-state index contributed by atoms with van der Waals surface area (Å²) in [6, 6.07) is 7.88. The maximum Gasteiger partial charge on any atom is 0.340 e. The standard InChI is InChI=1S/C9H8BrN3O/c10-7-3-1-2-6(4-7)5-8-11-9(14)13-12-8/h1-4H,5H2,(H2,11,12,13,14). The molecule has 2 N–H and O–H groups in total. The second-order valence-electron chi connectivity index (χ2n) is 2.93. The van der Waals surface area contributed by atoms with E-state index in [1.807, 2.05) is 24.3 Å². The summed E-state index contributed by atoms with van der Waals surface area (Å²) in [7, 11) is 0. The minimum Gasteiger partial charge on any atom is -0.293 e. The van der Waals surface area contributed by atoms with Crippen LogP contribution in [0.25, 0.3) is 0 Å². The van der Waals surface area contributed by atoms with Crippen molar-refractivity contribution < 1.29 is 0 Å². The second-order valence-corrected chi connectivity index (χ2v) is 3.85. The van der Waals surface area contributed by atoms with Gasteiger partial charge in [0.05, 0.1) is 0 Å². The van der Waals surface area contributed by atoms with Crippen LogP contribution in [0, 0.1) is 0 Å². The Balaban J connectivity index is 2.22. The van der Waals surface area contributed by atoms with Crippen molar-refractivity contribution in [3.05, 3.63) is 50.6 Å². The Hall–Kier alpha value is -1.36. The van der Waals surface area contributed by atoms with Crippen LogP contribution in [0.15, 0.2) is 33.5 Å². The van der Waals surface area contributed by atoms with E-state index < -0.39 is 0 Å². The molecule has 72 valence electrons. The quantitative estimate of drug-likeness (QED) is 0.852. The first-order valence-corrected chi connectivity index (χ1v) is 4.91. The number of halogens is 1. The first-order valence-electron chi connectivity index (χ1n) is 4.12. The molecule has 1 heterocycles. The Bertz CT molecular complexity index is 489. The van der Waals surface area contributed by atoms with E-state index in [0.717, 1.165) is 10.0 Å². The lowest BCUT2D eigenvalue weighted by molar-refractivity contribution is 0.970. The molecule has 0 bridgehead atoms. The maximum absolute atomic E-state index is 10.8. The van der Waals surface area contributed by atoms with Gasteiger partial charge < -0.3 is 0 Å². The van der Waals surface area contributed by atoms with Crippen LogP contribution in [0.5, 0.6) is 0 Å². The first kappa shape index (κ1) is 9.21. The van der Waals surface area contributed by atoms with Crippen LogP contribution in [0.4, 0.5) is 0 Å². The third-order valence-corrected chi connectivity index (χ3v) is 2.30. The van der Waals surface area contributed by atoms with Crippen molar-refractivity contribution in [2.24, 2.45) is 0 Å². The molecule has 1 aromatic heterocycles. The van der Waals surface area contributed by atoms with E-state index in [1.165, 1.54) is 0 Å². The Morgan fingerprint density at radius 2 is 2.29 bits per heavy atom. The van der Waals surface area contributed by atoms with E-state index in [-0.39, 0.29) is 5.69 Å². The Morgan fingerprint density at radius 3 is 2.93 bits per heavy atom. The molecular formula is C9H8BrN3O. The highest BCUT2D eigenvalue weighted by atomic mass is 79.9. The lowest BCUT2D eigenvalue weighted by Gasteiger charge is -1.97. The number of aromatic nitrogens is 3. The number of nitrogens with one attached hydrogen (secondary N) is 2. The lowest BCUT2D eigenvalue weighted by atomic mass is 10.1. The van der Waals surface area contributed by atoms with Crippen molar-refractivity contribution >= 4 is 15.9 Å². The number of nitrogens with zero attached hydrogens (tertiary/aromatic N) is 1. The van der Waals surface area contributed by atoms with E-state index in [0.29, 0.717) is 12.2 Å². The van der Waals surface area contributed by atoms with Crippen molar-refractivity contribution in [3.8, 4) is 0 Å². The van der Waals surface area contributed by atoms with Gasteiger partial charge in [-0.25, -0.2) is 9.89 Å². The Morgan fingerprint density at radius 1 is 1.43 bits per heavy atom. The van der Waals surface area contributed by atoms with Crippen molar-refractivity contribution in [1.82, 2.24) is 15.2 Å². The average Bonchev–Trinajstić information content (AvgIpc) is 2.51. The van der Waals surface area contributed by atoms with E-state index in [9.17, 15) is 4.79 Å². The van der Waals surface area contributed by atoms with Crippen LogP contribution in [-0.2, 0) is 6.42 Å². The molecule has 2 aromatic rings. The molecule has 14 heavy (non-hydrogen) atoms. The predicted octanol–water partition coefficient (Wildman–Crippen LogP) is 1.45. The summed E-state index contributed by atoms with van der Waals surface area (Å²) in [5.41, 5.74) is 0.831. The normalized spacial score (nSPS) is 10.4. The molecule has 2 rings (SSSR count). The van der Waals surface area contributed by atoms with Crippen molar-refractivity contribution in [3.63, 3.8) is 0 Å². The highest BCUT2D eigenvalue weighted by molar-refractivity contribution is 9.10. The number of hydrogen-bond acceptors (Lipinski definition) is 2. The number of aromatic amines is 2. The average molecular weight is 254 g/mol. The zero-order valence-electron chi connectivity index (χ0n) is 7.25. The van der Waals surface area contributed by atoms with Gasteiger partial charge in [-0.2, -0.15) is 5.10 Å². The summed E-state index contributed by atoms with van der Waals surface area (Å²) >= 11 is 3.38. The third kappa shape index (κ3) is 2.11. The van der Waals surface area contributed by atoms with Gasteiger partial charge in [-0.15, -0.1) is 0 Å². The molecule has 0 aliphatic carbocycles. The highest BCUT2D eigenvalue weighted by Crippen LogP contribution is 2.13. The van der Waals surface area contributed by atoms with Crippen molar-refractivity contribution in [1.29, 1.82) is 0 Å². The van der Waals surface area contributed by atoms with Gasteiger partial charge >= 0.3 is 5.69 Å². The van der Waals surface area contributed by atoms with Crippen LogP contribution >= 0.6 is 15.9 Å². The molecule has 1 aromatic carbocycles. The summed E-state index contributed by atoms with van der Waals surface area (Å²) in [6.45, 7) is 0. The van der Waals surface area contributed by atoms with Crippen molar-refractivity contribution in [2.75, 3.05) is 0 Å². The molecule has 0 radical (unpaired) electrons. The SMILES string of the molecule is O=c1[nH]nc(Cc2cccc(Br)c2)[nH]1. The van der Waals surface area contributed by atoms with Gasteiger partial charge in [0.1, 0.15) is 5.82 Å². The van der Waals surface area contributed by atoms with Gasteiger partial charge in [-0.05, 0) is 17.7 Å². The molecule has 0 fully saturated rings. The minimum absolute atomic E-state index is 0.269. The van der Waals surface area contributed by atoms with Gasteiger partial charge in [0.25, 0.3) is 0 Å². The zero-order chi connectivity index (χ0) is 9.97. The summed E-state index contributed by atoms with van der Waals surface area (Å²) in [4.78, 5) is 13.4. The molecular weight excluding hydrogens is 246 g/mol. The Labute approximate surface area is 88.5 Å². The van der Waals surface area contributed by atoms with E-state index in [1.54, 1.807) is 0 Å². The summed E-state index contributed by atoms with van der Waals surface area (Å²) < 4.78 is 1.02. The molecule has 0 saturated carbocycles. The topological polar surface area (TPSA) is 61.5 Å². The largest absolute Gasteiger partial charge is 0.340 e. The predicted molar refractivity (Wildman–Crippen MR) is 56.2 cm³/mol. The smallest absolute Gasteiger partial charge is 0.293 e. The van der Waals surface area contributed by atoms with Crippen LogP contribution in [0.3, 0.4) is 0 Å². The fourth-order valence-electron chi connectivity index (χ4n) is 1.23. The number of rotatable bonds is 2.